The Balaban J connectivity index is 1.23. The van der Waals surface area contributed by atoms with E-state index in [1.54, 1.807) is 24.7 Å². The first kappa shape index (κ1) is 21.0. The molecule has 1 fully saturated rings. The Morgan fingerprint density at radius 2 is 1.91 bits per heavy atom. The molecule has 2 aromatic carbocycles. The highest BCUT2D eigenvalue weighted by Gasteiger charge is 2.16. The number of benzene rings is 2. The number of methoxy groups -OCH3 is 1. The van der Waals surface area contributed by atoms with E-state index in [-0.39, 0.29) is 5.78 Å². The van der Waals surface area contributed by atoms with Gasteiger partial charge in [0.1, 0.15) is 22.1 Å². The van der Waals surface area contributed by atoms with Gasteiger partial charge < -0.3 is 9.15 Å². The fraction of sp³-hybridized carbons (Fsp3) is 0.333. The third-order valence-electron chi connectivity index (χ3n) is 6.43. The van der Waals surface area contributed by atoms with Gasteiger partial charge in [0.25, 0.3) is 0 Å². The zero-order chi connectivity index (χ0) is 21.9. The van der Waals surface area contributed by atoms with E-state index >= 15 is 0 Å². The summed E-state index contributed by atoms with van der Waals surface area (Å²) in [7, 11) is 1.63. The minimum atomic E-state index is 0.136. The maximum absolute atomic E-state index is 12.7. The molecule has 1 aliphatic carbocycles. The Morgan fingerprint density at radius 3 is 2.69 bits per heavy atom. The SMILES string of the molecule is COc1ccc2c(CC(=O)Cc3nc(-c4ccc(C5CCCCC5)cc4)cs3)coc2c1. The van der Waals surface area contributed by atoms with Crippen LogP contribution < -0.4 is 4.74 Å². The molecule has 0 amide bonds. The molecule has 0 unspecified atom stereocenters. The lowest BCUT2D eigenvalue weighted by molar-refractivity contribution is -0.117. The van der Waals surface area contributed by atoms with Crippen LogP contribution in [0.25, 0.3) is 22.2 Å². The highest BCUT2D eigenvalue weighted by atomic mass is 32.1. The molecule has 5 rings (SSSR count). The number of Topliss-reactive ketones (excluding diaryl/α,β-unsaturated/α-hetero) is 1. The summed E-state index contributed by atoms with van der Waals surface area (Å²) in [6.07, 6.45) is 9.03. The molecule has 0 radical (unpaired) electrons. The molecule has 32 heavy (non-hydrogen) atoms. The summed E-state index contributed by atoms with van der Waals surface area (Å²) in [5.41, 5.74) is 5.16. The molecular formula is C27H27NO3S. The van der Waals surface area contributed by atoms with Crippen LogP contribution in [0, 0.1) is 0 Å². The third kappa shape index (κ3) is 4.49. The van der Waals surface area contributed by atoms with Crippen molar-refractivity contribution in [1.82, 2.24) is 4.98 Å². The van der Waals surface area contributed by atoms with Crippen molar-refractivity contribution in [2.24, 2.45) is 0 Å². The van der Waals surface area contributed by atoms with Crippen molar-refractivity contribution in [3.8, 4) is 17.0 Å². The molecule has 2 heterocycles. The van der Waals surface area contributed by atoms with Crippen molar-refractivity contribution in [2.75, 3.05) is 7.11 Å². The lowest BCUT2D eigenvalue weighted by Gasteiger charge is -2.22. The fourth-order valence-electron chi connectivity index (χ4n) is 4.66. The second kappa shape index (κ2) is 9.29. The summed E-state index contributed by atoms with van der Waals surface area (Å²) in [6.45, 7) is 0. The van der Waals surface area contributed by atoms with Gasteiger partial charge in [0.2, 0.25) is 0 Å². The number of furan rings is 1. The van der Waals surface area contributed by atoms with E-state index in [2.05, 4.69) is 29.6 Å². The number of thiazole rings is 1. The predicted octanol–water partition coefficient (Wildman–Crippen LogP) is 6.97. The number of nitrogens with zero attached hydrogens (tertiary/aromatic N) is 1. The Morgan fingerprint density at radius 1 is 1.09 bits per heavy atom. The van der Waals surface area contributed by atoms with Gasteiger partial charge in [-0.15, -0.1) is 11.3 Å². The highest BCUT2D eigenvalue weighted by molar-refractivity contribution is 7.10. The molecule has 0 saturated heterocycles. The topological polar surface area (TPSA) is 52.3 Å². The standard InChI is InChI=1S/C27H27NO3S/c1-30-23-11-12-24-21(16-31-26(24)15-23)13-22(29)14-27-28-25(17-32-27)20-9-7-19(8-10-20)18-5-3-2-4-6-18/h7-12,15-18H,2-6,13-14H2,1H3. The molecule has 0 N–H and O–H groups in total. The average Bonchev–Trinajstić information content (AvgIpc) is 3.46. The normalized spacial score (nSPS) is 14.7. The second-order valence-corrected chi connectivity index (χ2v) is 9.54. The van der Waals surface area contributed by atoms with Crippen LogP contribution in [-0.4, -0.2) is 17.9 Å². The Kier molecular flexibility index (Phi) is 6.08. The average molecular weight is 446 g/mol. The molecule has 0 bridgehead atoms. The maximum Gasteiger partial charge on any atom is 0.144 e. The van der Waals surface area contributed by atoms with E-state index in [1.165, 1.54) is 37.7 Å². The first-order chi connectivity index (χ1) is 15.7. The lowest BCUT2D eigenvalue weighted by atomic mass is 9.84. The van der Waals surface area contributed by atoms with Crippen LogP contribution in [0.15, 0.2) is 58.5 Å². The van der Waals surface area contributed by atoms with Crippen LogP contribution in [0.5, 0.6) is 5.75 Å². The molecule has 4 aromatic rings. The van der Waals surface area contributed by atoms with Crippen LogP contribution >= 0.6 is 11.3 Å². The van der Waals surface area contributed by atoms with Gasteiger partial charge in [-0.05, 0) is 36.5 Å². The zero-order valence-electron chi connectivity index (χ0n) is 18.3. The van der Waals surface area contributed by atoms with Gasteiger partial charge in [-0.3, -0.25) is 4.79 Å². The number of hydrogen-bond acceptors (Lipinski definition) is 5. The maximum atomic E-state index is 12.7. The fourth-order valence-corrected chi connectivity index (χ4v) is 5.49. The summed E-state index contributed by atoms with van der Waals surface area (Å²) in [6, 6.07) is 14.5. The van der Waals surface area contributed by atoms with Crippen molar-refractivity contribution in [1.29, 1.82) is 0 Å². The minimum absolute atomic E-state index is 0.136. The first-order valence-electron chi connectivity index (χ1n) is 11.3. The van der Waals surface area contributed by atoms with Gasteiger partial charge in [0, 0.05) is 34.4 Å². The van der Waals surface area contributed by atoms with Gasteiger partial charge in [0.15, 0.2) is 0 Å². The van der Waals surface area contributed by atoms with Crippen molar-refractivity contribution in [3.63, 3.8) is 0 Å². The van der Waals surface area contributed by atoms with Crippen molar-refractivity contribution < 1.29 is 13.9 Å². The van der Waals surface area contributed by atoms with Crippen LogP contribution in [0.1, 0.15) is 54.2 Å². The van der Waals surface area contributed by atoms with Crippen LogP contribution in [-0.2, 0) is 17.6 Å². The molecule has 1 aliphatic rings. The number of ketones is 1. The summed E-state index contributed by atoms with van der Waals surface area (Å²) in [5, 5.41) is 3.87. The molecule has 0 spiro atoms. The van der Waals surface area contributed by atoms with Gasteiger partial charge in [-0.1, -0.05) is 43.5 Å². The summed E-state index contributed by atoms with van der Waals surface area (Å²) < 4.78 is 10.8. The minimum Gasteiger partial charge on any atom is -0.497 e. The highest BCUT2D eigenvalue weighted by Crippen LogP contribution is 2.34. The predicted molar refractivity (Wildman–Crippen MR) is 129 cm³/mol. The van der Waals surface area contributed by atoms with Crippen LogP contribution in [0.4, 0.5) is 0 Å². The molecule has 4 nitrogen and oxygen atoms in total. The summed E-state index contributed by atoms with van der Waals surface area (Å²) >= 11 is 1.55. The van der Waals surface area contributed by atoms with Crippen molar-refractivity contribution in [3.05, 3.63) is 70.2 Å². The van der Waals surface area contributed by atoms with E-state index in [4.69, 9.17) is 14.1 Å². The molecule has 1 saturated carbocycles. The lowest BCUT2D eigenvalue weighted by Crippen LogP contribution is -2.06. The van der Waals surface area contributed by atoms with E-state index in [0.717, 1.165) is 38.5 Å². The van der Waals surface area contributed by atoms with Crippen LogP contribution in [0.3, 0.4) is 0 Å². The largest absolute Gasteiger partial charge is 0.497 e. The second-order valence-electron chi connectivity index (χ2n) is 8.60. The van der Waals surface area contributed by atoms with Gasteiger partial charge in [-0.2, -0.15) is 0 Å². The number of carbonyl (C=O) groups excluding carboxylic acids is 1. The zero-order valence-corrected chi connectivity index (χ0v) is 19.1. The number of carbonyl (C=O) groups is 1. The molecule has 0 atom stereocenters. The van der Waals surface area contributed by atoms with E-state index in [1.807, 2.05) is 18.2 Å². The Bertz CT molecular complexity index is 1220. The number of rotatable bonds is 7. The number of aromatic nitrogens is 1. The Labute approximate surface area is 192 Å². The van der Waals surface area contributed by atoms with Gasteiger partial charge >= 0.3 is 0 Å². The van der Waals surface area contributed by atoms with Crippen molar-refractivity contribution >= 4 is 28.1 Å². The molecule has 0 aliphatic heterocycles. The molecular weight excluding hydrogens is 418 g/mol. The van der Waals surface area contributed by atoms with Crippen molar-refractivity contribution in [2.45, 2.75) is 50.9 Å². The molecule has 5 heteroatoms. The monoisotopic (exact) mass is 445 g/mol. The van der Waals surface area contributed by atoms with E-state index < -0.39 is 0 Å². The smallest absolute Gasteiger partial charge is 0.144 e. The quantitative estimate of drug-likeness (QED) is 0.308. The van der Waals surface area contributed by atoms with Gasteiger partial charge in [0.05, 0.1) is 25.5 Å². The summed E-state index contributed by atoms with van der Waals surface area (Å²) in [5.74, 6) is 1.59. The number of ether oxygens (including phenoxy) is 1. The molecule has 164 valence electrons. The van der Waals surface area contributed by atoms with Crippen LogP contribution in [0.2, 0.25) is 0 Å². The van der Waals surface area contributed by atoms with Gasteiger partial charge in [-0.25, -0.2) is 4.98 Å². The number of hydrogen-bond donors (Lipinski definition) is 0. The first-order valence-corrected chi connectivity index (χ1v) is 12.2. The molecule has 2 aromatic heterocycles. The summed E-state index contributed by atoms with van der Waals surface area (Å²) in [4.78, 5) is 17.4. The Hall–Kier alpha value is -2.92. The van der Waals surface area contributed by atoms with E-state index in [0.29, 0.717) is 18.8 Å². The third-order valence-corrected chi connectivity index (χ3v) is 7.28. The van der Waals surface area contributed by atoms with E-state index in [9.17, 15) is 4.79 Å². The number of fused-ring (bicyclic) bond motifs is 1.